The Hall–Kier alpha value is -3.50. The van der Waals surface area contributed by atoms with E-state index < -0.39 is 8.07 Å². The minimum absolute atomic E-state index is 0.641. The minimum atomic E-state index is -2.57. The van der Waals surface area contributed by atoms with E-state index in [1.165, 1.54) is 31.9 Å². The molecule has 0 atom stereocenters. The molecule has 0 spiro atoms. The molecule has 0 saturated heterocycles. The normalized spacial score (nSPS) is 13.1. The van der Waals surface area contributed by atoms with E-state index in [2.05, 4.69) is 84.9 Å². The summed E-state index contributed by atoms with van der Waals surface area (Å²) in [6.07, 6.45) is 0. The van der Waals surface area contributed by atoms with Gasteiger partial charge < -0.3 is 14.2 Å². The summed E-state index contributed by atoms with van der Waals surface area (Å²) in [5, 5.41) is 5.42. The Balaban J connectivity index is 1.87. The average molecular weight is 467 g/mol. The number of hydrogen-bond acceptors (Lipinski definition) is 3. The molecule has 0 N–H and O–H groups in total. The van der Waals surface area contributed by atoms with Crippen LogP contribution < -0.4 is 35.0 Å². The molecule has 4 aromatic carbocycles. The van der Waals surface area contributed by atoms with E-state index >= 15 is 0 Å². The second kappa shape index (κ2) is 9.39. The molecule has 3 nitrogen and oxygen atoms in total. The fourth-order valence-electron chi connectivity index (χ4n) is 5.27. The van der Waals surface area contributed by atoms with Crippen molar-refractivity contribution in [2.24, 2.45) is 0 Å². The number of ether oxygens (including phenoxy) is 3. The SMILES string of the molecule is CCOc1cccc([Si]2(c3ccccc3)c3ccc(OCC)cc3-c3cc(OCC)ccc32)c1. The van der Waals surface area contributed by atoms with Crippen LogP contribution in [0.25, 0.3) is 11.1 Å². The average Bonchev–Trinajstić information content (AvgIpc) is 3.15. The van der Waals surface area contributed by atoms with Crippen molar-refractivity contribution >= 4 is 28.8 Å². The molecule has 0 radical (unpaired) electrons. The molecule has 5 rings (SSSR count). The smallest absolute Gasteiger partial charge is 0.181 e. The topological polar surface area (TPSA) is 27.7 Å². The van der Waals surface area contributed by atoms with Gasteiger partial charge >= 0.3 is 0 Å². The Bertz CT molecular complexity index is 1240. The van der Waals surface area contributed by atoms with Crippen molar-refractivity contribution in [2.45, 2.75) is 20.8 Å². The van der Waals surface area contributed by atoms with Crippen LogP contribution in [-0.4, -0.2) is 27.9 Å². The third-order valence-electron chi connectivity index (χ3n) is 6.49. The van der Waals surface area contributed by atoms with Crippen LogP contribution in [-0.2, 0) is 0 Å². The van der Waals surface area contributed by atoms with Gasteiger partial charge in [0.25, 0.3) is 0 Å². The van der Waals surface area contributed by atoms with Gasteiger partial charge in [0.05, 0.1) is 19.8 Å². The molecule has 0 bridgehead atoms. The lowest BCUT2D eigenvalue weighted by Crippen LogP contribution is -2.72. The monoisotopic (exact) mass is 466 g/mol. The van der Waals surface area contributed by atoms with Crippen molar-refractivity contribution in [3.63, 3.8) is 0 Å². The molecule has 1 aliphatic rings. The molecule has 0 amide bonds. The van der Waals surface area contributed by atoms with Crippen LogP contribution in [0, 0.1) is 0 Å². The fourth-order valence-corrected chi connectivity index (χ4v) is 10.4. The zero-order valence-corrected chi connectivity index (χ0v) is 21.0. The molecule has 1 heterocycles. The van der Waals surface area contributed by atoms with Crippen molar-refractivity contribution in [2.75, 3.05) is 19.8 Å². The maximum absolute atomic E-state index is 5.95. The molecule has 4 aromatic rings. The summed E-state index contributed by atoms with van der Waals surface area (Å²) < 4.78 is 17.8. The first-order valence-electron chi connectivity index (χ1n) is 12.1. The summed E-state index contributed by atoms with van der Waals surface area (Å²) in [4.78, 5) is 0. The lowest BCUT2D eigenvalue weighted by Gasteiger charge is -2.31. The highest BCUT2D eigenvalue weighted by molar-refractivity contribution is 7.22. The van der Waals surface area contributed by atoms with E-state index in [1.54, 1.807) is 0 Å². The van der Waals surface area contributed by atoms with Crippen LogP contribution in [0.15, 0.2) is 91.0 Å². The molecule has 0 aliphatic carbocycles. The molecule has 0 unspecified atom stereocenters. The quantitative estimate of drug-likeness (QED) is 0.320. The van der Waals surface area contributed by atoms with Crippen molar-refractivity contribution in [1.29, 1.82) is 0 Å². The first-order valence-corrected chi connectivity index (χ1v) is 14.1. The maximum atomic E-state index is 5.95. The van der Waals surface area contributed by atoms with E-state index in [1.807, 2.05) is 26.8 Å². The largest absolute Gasteiger partial charge is 0.494 e. The Morgan fingerprint density at radius 3 is 1.53 bits per heavy atom. The first-order chi connectivity index (χ1) is 16.7. The number of fused-ring (bicyclic) bond motifs is 3. The Morgan fingerprint density at radius 1 is 0.500 bits per heavy atom. The summed E-state index contributed by atoms with van der Waals surface area (Å²) in [7, 11) is -2.57. The van der Waals surface area contributed by atoms with Gasteiger partial charge in [0, 0.05) is 0 Å². The highest BCUT2D eigenvalue weighted by Crippen LogP contribution is 2.34. The predicted molar refractivity (Wildman–Crippen MR) is 143 cm³/mol. The van der Waals surface area contributed by atoms with Gasteiger partial charge in [0.2, 0.25) is 0 Å². The number of benzene rings is 4. The fraction of sp³-hybridized carbons (Fsp3) is 0.200. The third-order valence-corrected chi connectivity index (χ3v) is 11.4. The van der Waals surface area contributed by atoms with Crippen molar-refractivity contribution in [3.05, 3.63) is 91.0 Å². The second-order valence-electron chi connectivity index (χ2n) is 8.36. The van der Waals surface area contributed by atoms with Crippen LogP contribution in [0.4, 0.5) is 0 Å². The molecule has 0 aromatic heterocycles. The lowest BCUT2D eigenvalue weighted by atomic mass is 10.1. The van der Waals surface area contributed by atoms with Crippen molar-refractivity contribution in [1.82, 2.24) is 0 Å². The number of hydrogen-bond donors (Lipinski definition) is 0. The van der Waals surface area contributed by atoms with E-state index in [-0.39, 0.29) is 0 Å². The molecule has 172 valence electrons. The maximum Gasteiger partial charge on any atom is 0.181 e. The molecule has 4 heteroatoms. The minimum Gasteiger partial charge on any atom is -0.494 e. The van der Waals surface area contributed by atoms with Gasteiger partial charge in [0.1, 0.15) is 17.2 Å². The van der Waals surface area contributed by atoms with Gasteiger partial charge in [-0.2, -0.15) is 0 Å². The van der Waals surface area contributed by atoms with E-state index in [0.717, 1.165) is 17.2 Å². The second-order valence-corrected chi connectivity index (χ2v) is 12.1. The zero-order valence-electron chi connectivity index (χ0n) is 20.0. The summed E-state index contributed by atoms with van der Waals surface area (Å²) in [5.41, 5.74) is 2.47. The molecular formula is C30H30O3Si. The first kappa shape index (κ1) is 22.3. The standard InChI is InChI=1S/C30H30O3Si/c1-4-31-22-11-10-14-26(19-22)34(25-12-8-7-9-13-25)29-17-15-23(32-5-2)20-27(29)28-21-24(33-6-3)16-18-30(28)34/h7-21H,4-6H2,1-3H3. The summed E-state index contributed by atoms with van der Waals surface area (Å²) in [6, 6.07) is 32.9. The third kappa shape index (κ3) is 3.59. The summed E-state index contributed by atoms with van der Waals surface area (Å²) in [5.74, 6) is 2.71. The van der Waals surface area contributed by atoms with E-state index in [4.69, 9.17) is 14.2 Å². The summed E-state index contributed by atoms with van der Waals surface area (Å²) in [6.45, 7) is 8.01. The van der Waals surface area contributed by atoms with Crippen LogP contribution in [0.1, 0.15) is 20.8 Å². The Labute approximate surface area is 203 Å². The highest BCUT2D eigenvalue weighted by Gasteiger charge is 2.49. The van der Waals surface area contributed by atoms with Crippen LogP contribution in [0.3, 0.4) is 0 Å². The molecule has 0 fully saturated rings. The lowest BCUT2D eigenvalue weighted by molar-refractivity contribution is 0.340. The van der Waals surface area contributed by atoms with Gasteiger partial charge in [-0.05, 0) is 89.0 Å². The summed E-state index contributed by atoms with van der Waals surface area (Å²) >= 11 is 0. The van der Waals surface area contributed by atoms with Crippen molar-refractivity contribution < 1.29 is 14.2 Å². The Kier molecular flexibility index (Phi) is 6.16. The van der Waals surface area contributed by atoms with Crippen LogP contribution in [0.2, 0.25) is 0 Å². The van der Waals surface area contributed by atoms with Crippen LogP contribution >= 0.6 is 0 Å². The molecule has 34 heavy (non-hydrogen) atoms. The Morgan fingerprint density at radius 2 is 1.00 bits per heavy atom. The van der Waals surface area contributed by atoms with Gasteiger partial charge in [-0.15, -0.1) is 0 Å². The zero-order chi connectivity index (χ0) is 23.5. The molecule has 1 aliphatic heterocycles. The van der Waals surface area contributed by atoms with Gasteiger partial charge in [-0.1, -0.05) is 54.6 Å². The van der Waals surface area contributed by atoms with Gasteiger partial charge in [0.15, 0.2) is 8.07 Å². The van der Waals surface area contributed by atoms with Crippen LogP contribution in [0.5, 0.6) is 17.2 Å². The number of rotatable bonds is 8. The van der Waals surface area contributed by atoms with Gasteiger partial charge in [-0.3, -0.25) is 0 Å². The van der Waals surface area contributed by atoms with E-state index in [9.17, 15) is 0 Å². The molecule has 0 saturated carbocycles. The highest BCUT2D eigenvalue weighted by atomic mass is 28.3. The molecular weight excluding hydrogens is 436 g/mol. The van der Waals surface area contributed by atoms with Crippen molar-refractivity contribution in [3.8, 4) is 28.4 Å². The van der Waals surface area contributed by atoms with E-state index in [0.29, 0.717) is 19.8 Å². The van der Waals surface area contributed by atoms with Gasteiger partial charge in [-0.25, -0.2) is 0 Å². The predicted octanol–water partition coefficient (Wildman–Crippen LogP) is 4.24.